The van der Waals surface area contributed by atoms with Gasteiger partial charge in [-0.3, -0.25) is 0 Å². The summed E-state index contributed by atoms with van der Waals surface area (Å²) in [5.74, 6) is 1.09. The van der Waals surface area contributed by atoms with Gasteiger partial charge in [0.05, 0.1) is 13.2 Å². The largest absolute Gasteiger partial charge is 0.380 e. The summed E-state index contributed by atoms with van der Waals surface area (Å²) in [5, 5.41) is 6.48. The van der Waals surface area contributed by atoms with E-state index in [1.807, 2.05) is 6.92 Å². The molecule has 0 aromatic heterocycles. The zero-order chi connectivity index (χ0) is 15.7. The van der Waals surface area contributed by atoms with Crippen molar-refractivity contribution in [2.45, 2.75) is 33.9 Å². The molecule has 0 amide bonds. The van der Waals surface area contributed by atoms with Crippen molar-refractivity contribution in [3.8, 4) is 0 Å². The van der Waals surface area contributed by atoms with Gasteiger partial charge in [0.25, 0.3) is 0 Å². The fourth-order valence-electron chi connectivity index (χ4n) is 1.81. The minimum absolute atomic E-state index is 0.241. The van der Waals surface area contributed by atoms with Gasteiger partial charge in [-0.2, -0.15) is 0 Å². The maximum absolute atomic E-state index is 13.5. The average molecular weight is 295 g/mol. The van der Waals surface area contributed by atoms with Crippen LogP contribution in [-0.2, 0) is 17.9 Å². The van der Waals surface area contributed by atoms with E-state index >= 15 is 0 Å². The Labute approximate surface area is 126 Å². The number of nitrogens with one attached hydrogen (secondary N) is 2. The van der Waals surface area contributed by atoms with Crippen LogP contribution >= 0.6 is 0 Å². The van der Waals surface area contributed by atoms with Crippen molar-refractivity contribution in [2.75, 3.05) is 20.2 Å². The Hall–Kier alpha value is -1.62. The molecule has 0 aliphatic carbocycles. The Kier molecular flexibility index (Phi) is 7.75. The molecule has 0 heterocycles. The second kappa shape index (κ2) is 9.34. The highest BCUT2D eigenvalue weighted by molar-refractivity contribution is 5.79. The predicted octanol–water partition coefficient (Wildman–Crippen LogP) is 2.68. The quantitative estimate of drug-likeness (QED) is 0.600. The number of nitrogens with zero attached hydrogens (tertiary/aromatic N) is 1. The molecule has 4 nitrogen and oxygen atoms in total. The molecular formula is C16H26FN3O. The zero-order valence-corrected chi connectivity index (χ0v) is 13.4. The van der Waals surface area contributed by atoms with E-state index in [4.69, 9.17) is 4.74 Å². The molecular weight excluding hydrogens is 269 g/mol. The Morgan fingerprint density at radius 3 is 2.71 bits per heavy atom. The fraction of sp³-hybridized carbons (Fsp3) is 0.562. The summed E-state index contributed by atoms with van der Waals surface area (Å²) in [6.07, 6.45) is 0. The molecule has 21 heavy (non-hydrogen) atoms. The fourth-order valence-corrected chi connectivity index (χ4v) is 1.81. The second-order valence-corrected chi connectivity index (χ2v) is 5.33. The monoisotopic (exact) mass is 295 g/mol. The van der Waals surface area contributed by atoms with Crippen molar-refractivity contribution < 1.29 is 9.13 Å². The number of guanidine groups is 1. The number of aliphatic imine (C=N–C) groups is 1. The summed E-state index contributed by atoms with van der Waals surface area (Å²) in [6, 6.07) is 5.02. The molecule has 0 radical (unpaired) electrons. The van der Waals surface area contributed by atoms with E-state index in [1.165, 1.54) is 6.07 Å². The number of methoxy groups -OCH3 is 1. The Morgan fingerprint density at radius 2 is 2.10 bits per heavy atom. The van der Waals surface area contributed by atoms with Gasteiger partial charge in [-0.05, 0) is 30.5 Å². The maximum Gasteiger partial charge on any atom is 0.191 e. The third-order valence-corrected chi connectivity index (χ3v) is 2.85. The summed E-state index contributed by atoms with van der Waals surface area (Å²) in [7, 11) is 1.56. The van der Waals surface area contributed by atoms with Crippen molar-refractivity contribution in [1.82, 2.24) is 10.6 Å². The minimum Gasteiger partial charge on any atom is -0.380 e. The first kappa shape index (κ1) is 17.4. The number of benzene rings is 1. The van der Waals surface area contributed by atoms with E-state index in [2.05, 4.69) is 29.5 Å². The number of rotatable bonds is 7. The van der Waals surface area contributed by atoms with Gasteiger partial charge < -0.3 is 15.4 Å². The van der Waals surface area contributed by atoms with Crippen molar-refractivity contribution in [3.63, 3.8) is 0 Å². The van der Waals surface area contributed by atoms with Crippen molar-refractivity contribution in [2.24, 2.45) is 10.9 Å². The van der Waals surface area contributed by atoms with Crippen LogP contribution in [0.15, 0.2) is 23.2 Å². The van der Waals surface area contributed by atoms with E-state index in [0.29, 0.717) is 18.0 Å². The lowest BCUT2D eigenvalue weighted by Crippen LogP contribution is -2.39. The number of halogens is 1. The number of hydrogen-bond acceptors (Lipinski definition) is 2. The van der Waals surface area contributed by atoms with Crippen molar-refractivity contribution in [3.05, 3.63) is 35.1 Å². The molecule has 1 rings (SSSR count). The molecule has 0 saturated heterocycles. The SMILES string of the molecule is CCNC(=NCc1ccc(F)c(COC)c1)NCC(C)C. The van der Waals surface area contributed by atoms with Gasteiger partial charge in [0.15, 0.2) is 5.96 Å². The first-order valence-corrected chi connectivity index (χ1v) is 7.35. The first-order chi connectivity index (χ1) is 10.1. The van der Waals surface area contributed by atoms with Gasteiger partial charge in [-0.15, -0.1) is 0 Å². The minimum atomic E-state index is -0.241. The summed E-state index contributed by atoms with van der Waals surface area (Å²) in [4.78, 5) is 4.52. The van der Waals surface area contributed by atoms with Crippen LogP contribution in [0.1, 0.15) is 31.9 Å². The molecule has 0 aliphatic rings. The normalized spacial score (nSPS) is 11.8. The predicted molar refractivity (Wildman–Crippen MR) is 84.8 cm³/mol. The Bertz CT molecular complexity index is 461. The van der Waals surface area contributed by atoms with Gasteiger partial charge in [0.1, 0.15) is 5.82 Å². The standard InChI is InChI=1S/C16H26FN3O/c1-5-18-16(19-9-12(2)3)20-10-13-6-7-15(17)14(8-13)11-21-4/h6-8,12H,5,9-11H2,1-4H3,(H2,18,19,20). The second-order valence-electron chi connectivity index (χ2n) is 5.33. The molecule has 2 N–H and O–H groups in total. The van der Waals surface area contributed by atoms with Crippen LogP contribution in [0.3, 0.4) is 0 Å². The number of ether oxygens (including phenoxy) is 1. The van der Waals surface area contributed by atoms with Crippen molar-refractivity contribution >= 4 is 5.96 Å². The summed E-state index contributed by atoms with van der Waals surface area (Å²) < 4.78 is 18.5. The third kappa shape index (κ3) is 6.58. The van der Waals surface area contributed by atoms with Crippen LogP contribution in [0.4, 0.5) is 4.39 Å². The lowest BCUT2D eigenvalue weighted by atomic mass is 10.1. The van der Waals surface area contributed by atoms with Gasteiger partial charge >= 0.3 is 0 Å². The van der Waals surface area contributed by atoms with E-state index in [-0.39, 0.29) is 12.4 Å². The molecule has 0 aliphatic heterocycles. The van der Waals surface area contributed by atoms with Gasteiger partial charge in [-0.1, -0.05) is 19.9 Å². The molecule has 0 unspecified atom stereocenters. The molecule has 1 aromatic carbocycles. The third-order valence-electron chi connectivity index (χ3n) is 2.85. The highest BCUT2D eigenvalue weighted by atomic mass is 19.1. The smallest absolute Gasteiger partial charge is 0.191 e. The summed E-state index contributed by atoms with van der Waals surface area (Å²) in [6.45, 7) is 8.77. The highest BCUT2D eigenvalue weighted by Gasteiger charge is 2.04. The summed E-state index contributed by atoms with van der Waals surface area (Å²) >= 11 is 0. The van der Waals surface area contributed by atoms with E-state index < -0.39 is 0 Å². The Morgan fingerprint density at radius 1 is 1.33 bits per heavy atom. The molecule has 5 heteroatoms. The van der Waals surface area contributed by atoms with Gasteiger partial charge in [0, 0.05) is 25.8 Å². The lowest BCUT2D eigenvalue weighted by molar-refractivity contribution is 0.181. The molecule has 0 atom stereocenters. The van der Waals surface area contributed by atoms with Crippen LogP contribution in [0.25, 0.3) is 0 Å². The number of hydrogen-bond donors (Lipinski definition) is 2. The molecule has 0 saturated carbocycles. The van der Waals surface area contributed by atoms with Gasteiger partial charge in [-0.25, -0.2) is 9.38 Å². The zero-order valence-electron chi connectivity index (χ0n) is 13.4. The van der Waals surface area contributed by atoms with Crippen LogP contribution < -0.4 is 10.6 Å². The van der Waals surface area contributed by atoms with E-state index in [9.17, 15) is 4.39 Å². The molecule has 0 spiro atoms. The first-order valence-electron chi connectivity index (χ1n) is 7.35. The van der Waals surface area contributed by atoms with Crippen LogP contribution in [0.2, 0.25) is 0 Å². The lowest BCUT2D eigenvalue weighted by Gasteiger charge is -2.13. The summed E-state index contributed by atoms with van der Waals surface area (Å²) in [5.41, 5.74) is 1.52. The van der Waals surface area contributed by atoms with Crippen LogP contribution in [0, 0.1) is 11.7 Å². The molecule has 0 fully saturated rings. The highest BCUT2D eigenvalue weighted by Crippen LogP contribution is 2.12. The van der Waals surface area contributed by atoms with E-state index in [0.717, 1.165) is 24.6 Å². The topological polar surface area (TPSA) is 45.7 Å². The van der Waals surface area contributed by atoms with E-state index in [1.54, 1.807) is 19.2 Å². The molecule has 118 valence electrons. The average Bonchev–Trinajstić information content (AvgIpc) is 2.45. The Balaban J connectivity index is 2.72. The molecule has 1 aromatic rings. The van der Waals surface area contributed by atoms with Gasteiger partial charge in [0.2, 0.25) is 0 Å². The van der Waals surface area contributed by atoms with Crippen LogP contribution in [-0.4, -0.2) is 26.2 Å². The van der Waals surface area contributed by atoms with Crippen molar-refractivity contribution in [1.29, 1.82) is 0 Å². The maximum atomic E-state index is 13.5. The van der Waals surface area contributed by atoms with Crippen LogP contribution in [0.5, 0.6) is 0 Å². The molecule has 0 bridgehead atoms.